The highest BCUT2D eigenvalue weighted by molar-refractivity contribution is 9.10. The van der Waals surface area contributed by atoms with Gasteiger partial charge in [0, 0.05) is 15.7 Å². The first-order chi connectivity index (χ1) is 24.4. The van der Waals surface area contributed by atoms with Crippen molar-refractivity contribution < 1.29 is 28.6 Å². The Hall–Kier alpha value is -4.99. The zero-order chi connectivity index (χ0) is 34.9. The summed E-state index contributed by atoms with van der Waals surface area (Å²) >= 11 is 3.59. The van der Waals surface area contributed by atoms with Crippen molar-refractivity contribution in [2.75, 3.05) is 11.9 Å². The number of hydrogen-bond acceptors (Lipinski definition) is 6. The largest absolute Gasteiger partial charge is 0.489 e. The van der Waals surface area contributed by atoms with Crippen molar-refractivity contribution >= 4 is 33.6 Å². The fraction of sp³-hybridized carbons (Fsp3) is 0.220. The molecule has 1 fully saturated rings. The molecule has 1 unspecified atom stereocenters. The first-order valence-corrected chi connectivity index (χ1v) is 17.4. The Kier molecular flexibility index (Phi) is 11.6. The summed E-state index contributed by atoms with van der Waals surface area (Å²) in [5.74, 6) is -1.14. The summed E-state index contributed by atoms with van der Waals surface area (Å²) in [6, 6.07) is 39.1. The van der Waals surface area contributed by atoms with Crippen LogP contribution in [-0.2, 0) is 22.6 Å². The number of rotatable bonds is 14. The van der Waals surface area contributed by atoms with E-state index >= 15 is 0 Å². The van der Waals surface area contributed by atoms with Crippen LogP contribution in [0.25, 0.3) is 0 Å². The molecule has 2 N–H and O–H groups in total. The van der Waals surface area contributed by atoms with Crippen molar-refractivity contribution in [3.8, 4) is 5.75 Å². The number of benzene rings is 5. The molecule has 5 aromatic carbocycles. The minimum Gasteiger partial charge on any atom is -0.489 e. The Balaban J connectivity index is 1.40. The van der Waals surface area contributed by atoms with Gasteiger partial charge in [0.1, 0.15) is 24.8 Å². The van der Waals surface area contributed by atoms with Crippen molar-refractivity contribution in [2.24, 2.45) is 5.92 Å². The first kappa shape index (κ1) is 34.9. The molecule has 50 heavy (non-hydrogen) atoms. The Morgan fingerprint density at radius 2 is 1.52 bits per heavy atom. The minimum atomic E-state index is -0.979. The van der Waals surface area contributed by atoms with E-state index in [2.05, 4.69) is 21.2 Å². The van der Waals surface area contributed by atoms with Gasteiger partial charge in [-0.3, -0.25) is 4.79 Å². The lowest BCUT2D eigenvalue weighted by Gasteiger charge is -2.33. The molecule has 256 valence electrons. The maximum absolute atomic E-state index is 14.9. The Morgan fingerprint density at radius 3 is 2.20 bits per heavy atom. The maximum atomic E-state index is 14.9. The lowest BCUT2D eigenvalue weighted by Crippen LogP contribution is -2.46. The van der Waals surface area contributed by atoms with Gasteiger partial charge in [-0.1, -0.05) is 113 Å². The average Bonchev–Trinajstić information content (AvgIpc) is 3.50. The van der Waals surface area contributed by atoms with Crippen LogP contribution < -0.4 is 10.1 Å². The molecule has 2 amide bonds. The first-order valence-electron chi connectivity index (χ1n) is 16.6. The van der Waals surface area contributed by atoms with E-state index in [1.807, 2.05) is 109 Å². The third-order valence-electron chi connectivity index (χ3n) is 8.88. The predicted molar refractivity (Wildman–Crippen MR) is 194 cm³/mol. The molecular formula is C41H38BrFN2O5. The van der Waals surface area contributed by atoms with Crippen LogP contribution in [0.4, 0.5) is 14.9 Å². The summed E-state index contributed by atoms with van der Waals surface area (Å²) < 4.78 is 26.4. The minimum absolute atomic E-state index is 0.0743. The van der Waals surface area contributed by atoms with Crippen molar-refractivity contribution in [2.45, 2.75) is 44.1 Å². The molecule has 7 nitrogen and oxygen atoms in total. The number of aliphatic hydroxyl groups excluding tert-OH is 1. The number of amides is 2. The van der Waals surface area contributed by atoms with Crippen molar-refractivity contribution in [1.82, 2.24) is 4.90 Å². The van der Waals surface area contributed by atoms with Gasteiger partial charge in [0.2, 0.25) is 5.91 Å². The molecule has 0 radical (unpaired) electrons. The standard InChI is InChI=1S/C41H38BrFN2O5/c42-31-18-21-35(38(25-31)49-26-29-12-6-2-7-13-29)39(44-33-14-8-3-9-15-33)36(22-23-37(46)30-16-19-32(43)20-17-30)40(47)45-34(27-50-41(45)48)24-28-10-4-1-5-11-28/h1-21,25,34,36-37,39,44,46H,22-24,26-27H2/t34-,36+,37-,39?/m0/s1. The molecule has 6 rings (SSSR count). The molecule has 5 aromatic rings. The van der Waals surface area contributed by atoms with Crippen molar-refractivity contribution in [3.05, 3.63) is 166 Å². The van der Waals surface area contributed by atoms with E-state index in [1.54, 1.807) is 0 Å². The van der Waals surface area contributed by atoms with Crippen LogP contribution in [0.5, 0.6) is 5.75 Å². The smallest absolute Gasteiger partial charge is 0.416 e. The van der Waals surface area contributed by atoms with Gasteiger partial charge < -0.3 is 19.9 Å². The number of nitrogens with one attached hydrogen (secondary N) is 1. The van der Waals surface area contributed by atoms with Gasteiger partial charge in [-0.15, -0.1) is 0 Å². The third kappa shape index (κ3) is 8.77. The van der Waals surface area contributed by atoms with Crippen LogP contribution in [0.3, 0.4) is 0 Å². The van der Waals surface area contributed by atoms with Crippen LogP contribution in [0.15, 0.2) is 138 Å². The lowest BCUT2D eigenvalue weighted by atomic mass is 9.85. The van der Waals surface area contributed by atoms with Gasteiger partial charge in [-0.05, 0) is 72.4 Å². The van der Waals surface area contributed by atoms with Gasteiger partial charge in [-0.2, -0.15) is 0 Å². The molecule has 1 heterocycles. The molecule has 0 aliphatic carbocycles. The molecule has 1 saturated heterocycles. The number of halogens is 2. The van der Waals surface area contributed by atoms with Crippen molar-refractivity contribution in [3.63, 3.8) is 0 Å². The van der Waals surface area contributed by atoms with Crippen LogP contribution in [0.1, 0.15) is 47.2 Å². The summed E-state index contributed by atoms with van der Waals surface area (Å²) in [6.45, 7) is 0.368. The third-order valence-corrected chi connectivity index (χ3v) is 9.38. The number of anilines is 1. The van der Waals surface area contributed by atoms with Crippen LogP contribution in [0.2, 0.25) is 0 Å². The fourth-order valence-electron chi connectivity index (χ4n) is 6.30. The maximum Gasteiger partial charge on any atom is 0.416 e. The average molecular weight is 738 g/mol. The second-order valence-electron chi connectivity index (χ2n) is 12.3. The van der Waals surface area contributed by atoms with Gasteiger partial charge in [0.15, 0.2) is 0 Å². The predicted octanol–water partition coefficient (Wildman–Crippen LogP) is 9.04. The number of carbonyl (C=O) groups is 2. The molecular weight excluding hydrogens is 699 g/mol. The number of aliphatic hydroxyl groups is 1. The zero-order valence-electron chi connectivity index (χ0n) is 27.3. The SMILES string of the molecule is O=C1OC[C@H](Cc2ccccc2)N1C(=O)[C@H](CC[C@H](O)c1ccc(F)cc1)C(Nc1ccccc1)c1ccc(Br)cc1OCc1ccccc1. The highest BCUT2D eigenvalue weighted by atomic mass is 79.9. The van der Waals surface area contributed by atoms with E-state index in [4.69, 9.17) is 9.47 Å². The molecule has 0 saturated carbocycles. The van der Waals surface area contributed by atoms with Crippen molar-refractivity contribution in [1.29, 1.82) is 0 Å². The van der Waals surface area contributed by atoms with Gasteiger partial charge >= 0.3 is 6.09 Å². The second kappa shape index (κ2) is 16.6. The summed E-state index contributed by atoms with van der Waals surface area (Å²) in [5.41, 5.74) is 3.94. The number of cyclic esters (lactones) is 1. The van der Waals surface area contributed by atoms with Gasteiger partial charge in [0.05, 0.1) is 24.1 Å². The molecule has 0 spiro atoms. The molecule has 0 aromatic heterocycles. The highest BCUT2D eigenvalue weighted by Crippen LogP contribution is 2.40. The normalized spacial score (nSPS) is 15.9. The van der Waals surface area contributed by atoms with Crippen LogP contribution in [0, 0.1) is 11.7 Å². The summed E-state index contributed by atoms with van der Waals surface area (Å²) in [4.78, 5) is 29.5. The summed E-state index contributed by atoms with van der Waals surface area (Å²) in [5, 5.41) is 14.8. The van der Waals surface area contributed by atoms with E-state index in [1.165, 1.54) is 29.2 Å². The number of carbonyl (C=O) groups excluding carboxylic acids is 2. The number of ether oxygens (including phenoxy) is 2. The monoisotopic (exact) mass is 736 g/mol. The Labute approximate surface area is 299 Å². The number of imide groups is 1. The number of nitrogens with zero attached hydrogens (tertiary/aromatic N) is 1. The molecule has 1 aliphatic rings. The van der Waals surface area contributed by atoms with Crippen LogP contribution >= 0.6 is 15.9 Å². The fourth-order valence-corrected chi connectivity index (χ4v) is 6.64. The Bertz CT molecular complexity index is 1860. The highest BCUT2D eigenvalue weighted by Gasteiger charge is 2.44. The molecule has 0 bridgehead atoms. The number of hydrogen-bond donors (Lipinski definition) is 2. The van der Waals surface area contributed by atoms with E-state index in [9.17, 15) is 19.1 Å². The van der Waals surface area contributed by atoms with E-state index < -0.39 is 41.9 Å². The van der Waals surface area contributed by atoms with Crippen LogP contribution in [-0.4, -0.2) is 34.7 Å². The van der Waals surface area contributed by atoms with E-state index in [0.717, 1.165) is 21.3 Å². The van der Waals surface area contributed by atoms with Gasteiger partial charge in [-0.25, -0.2) is 14.1 Å². The zero-order valence-corrected chi connectivity index (χ0v) is 28.9. The topological polar surface area (TPSA) is 88.1 Å². The lowest BCUT2D eigenvalue weighted by molar-refractivity contribution is -0.134. The number of para-hydroxylation sites is 1. The Morgan fingerprint density at radius 1 is 0.880 bits per heavy atom. The quantitative estimate of drug-likeness (QED) is 0.118. The summed E-state index contributed by atoms with van der Waals surface area (Å²) in [6.07, 6.45) is -0.901. The molecule has 1 aliphatic heterocycles. The summed E-state index contributed by atoms with van der Waals surface area (Å²) in [7, 11) is 0. The van der Waals surface area contributed by atoms with E-state index in [0.29, 0.717) is 29.9 Å². The second-order valence-corrected chi connectivity index (χ2v) is 13.2. The van der Waals surface area contributed by atoms with Gasteiger partial charge in [0.25, 0.3) is 0 Å². The molecule has 4 atom stereocenters. The molecule has 9 heteroatoms. The van der Waals surface area contributed by atoms with E-state index in [-0.39, 0.29) is 19.4 Å².